The first-order valence-corrected chi connectivity index (χ1v) is 10.9. The van der Waals surface area contributed by atoms with Crippen molar-refractivity contribution in [1.82, 2.24) is 9.58 Å². The zero-order valence-electron chi connectivity index (χ0n) is 18.3. The van der Waals surface area contributed by atoms with Crippen molar-refractivity contribution < 1.29 is 14.3 Å². The van der Waals surface area contributed by atoms with E-state index < -0.39 is 0 Å². The van der Waals surface area contributed by atoms with Gasteiger partial charge in [0.2, 0.25) is 5.91 Å². The monoisotopic (exact) mass is 449 g/mol. The first-order chi connectivity index (χ1) is 15.4. The van der Waals surface area contributed by atoms with Gasteiger partial charge in [-0.3, -0.25) is 4.79 Å². The Kier molecular flexibility index (Phi) is 6.15. The van der Waals surface area contributed by atoms with Crippen molar-refractivity contribution in [2.45, 2.75) is 26.7 Å². The molecule has 0 bridgehead atoms. The lowest BCUT2D eigenvalue weighted by molar-refractivity contribution is -0.130. The molecule has 3 aromatic rings. The summed E-state index contributed by atoms with van der Waals surface area (Å²) >= 11 is 6.08. The summed E-state index contributed by atoms with van der Waals surface area (Å²) in [5, 5.41) is 6.44. The number of nitrogens with zero attached hydrogens (tertiary/aromatic N) is 3. The van der Waals surface area contributed by atoms with E-state index in [0.29, 0.717) is 30.0 Å². The Morgan fingerprint density at radius 1 is 1.06 bits per heavy atom. The number of amides is 1. The van der Waals surface area contributed by atoms with E-state index in [-0.39, 0.29) is 11.9 Å². The molecule has 2 aromatic carbocycles. The fourth-order valence-corrected chi connectivity index (χ4v) is 3.99. The molecule has 0 fully saturated rings. The van der Waals surface area contributed by atoms with Gasteiger partial charge in [-0.25, -0.2) is 9.80 Å². The average Bonchev–Trinajstić information content (AvgIpc) is 3.13. The highest BCUT2D eigenvalue weighted by atomic mass is 35.5. The number of benzene rings is 2. The minimum Gasteiger partial charge on any atom is -0.462 e. The summed E-state index contributed by atoms with van der Waals surface area (Å²) in [4.78, 5) is 24.3. The Hall–Kier alpha value is -3.38. The molecular weight excluding hydrogens is 426 g/mol. The summed E-state index contributed by atoms with van der Waals surface area (Å²) in [6.45, 7) is 4.01. The fourth-order valence-electron chi connectivity index (χ4n) is 3.87. The van der Waals surface area contributed by atoms with Crippen molar-refractivity contribution >= 4 is 29.2 Å². The number of hydrogen-bond donors (Lipinski definition) is 0. The highest BCUT2D eigenvalue weighted by Crippen LogP contribution is 2.31. The van der Waals surface area contributed by atoms with Crippen LogP contribution in [-0.4, -0.2) is 40.8 Å². The zero-order chi connectivity index (χ0) is 22.8. The Balaban J connectivity index is 1.78. The fraction of sp³-hybridized carbons (Fsp3) is 0.240. The topological polar surface area (TPSA) is 63.9 Å². The third-order valence-electron chi connectivity index (χ3n) is 5.55. The SMILES string of the molecule is CCOC(=O)c1cc(-c2ccc(Cl)cc2)n(-c2ccc(C3=NN(C)C(=O)CC3)cc2)c1C. The number of esters is 1. The van der Waals surface area contributed by atoms with E-state index in [4.69, 9.17) is 16.3 Å². The van der Waals surface area contributed by atoms with Gasteiger partial charge in [-0.1, -0.05) is 35.9 Å². The van der Waals surface area contributed by atoms with Gasteiger partial charge in [0.25, 0.3) is 0 Å². The molecule has 1 aromatic heterocycles. The normalized spacial score (nSPS) is 13.8. The van der Waals surface area contributed by atoms with Crippen molar-refractivity contribution in [2.24, 2.45) is 5.10 Å². The molecule has 1 aliphatic heterocycles. The summed E-state index contributed by atoms with van der Waals surface area (Å²) in [5.41, 5.74) is 5.89. The molecule has 0 radical (unpaired) electrons. The smallest absolute Gasteiger partial charge is 0.339 e. The minimum absolute atomic E-state index is 0.0208. The summed E-state index contributed by atoms with van der Waals surface area (Å²) < 4.78 is 7.30. The van der Waals surface area contributed by atoms with Gasteiger partial charge in [0.1, 0.15) is 0 Å². The molecule has 0 aliphatic carbocycles. The van der Waals surface area contributed by atoms with Gasteiger partial charge in [0.15, 0.2) is 0 Å². The maximum atomic E-state index is 12.6. The van der Waals surface area contributed by atoms with Crippen LogP contribution in [0.4, 0.5) is 0 Å². The molecule has 0 spiro atoms. The highest BCUT2D eigenvalue weighted by Gasteiger charge is 2.21. The van der Waals surface area contributed by atoms with Gasteiger partial charge < -0.3 is 9.30 Å². The lowest BCUT2D eigenvalue weighted by atomic mass is 10.0. The van der Waals surface area contributed by atoms with E-state index in [2.05, 4.69) is 5.10 Å². The molecule has 32 heavy (non-hydrogen) atoms. The van der Waals surface area contributed by atoms with Crippen molar-refractivity contribution in [3.05, 3.63) is 76.4 Å². The number of carbonyl (C=O) groups is 2. The third-order valence-corrected chi connectivity index (χ3v) is 5.80. The number of ether oxygens (including phenoxy) is 1. The van der Waals surface area contributed by atoms with Crippen LogP contribution in [0.3, 0.4) is 0 Å². The van der Waals surface area contributed by atoms with E-state index in [9.17, 15) is 9.59 Å². The van der Waals surface area contributed by atoms with Crippen molar-refractivity contribution in [3.63, 3.8) is 0 Å². The lowest BCUT2D eigenvalue weighted by Gasteiger charge is -2.20. The molecule has 7 heteroatoms. The molecule has 1 amide bonds. The van der Waals surface area contributed by atoms with E-state index >= 15 is 0 Å². The molecule has 0 N–H and O–H groups in total. The van der Waals surface area contributed by atoms with Crippen LogP contribution in [0.5, 0.6) is 0 Å². The number of hydrazone groups is 1. The highest BCUT2D eigenvalue weighted by molar-refractivity contribution is 6.30. The molecular formula is C25H24ClN3O3. The van der Waals surface area contributed by atoms with Crippen molar-refractivity contribution in [1.29, 1.82) is 0 Å². The number of halogens is 1. The maximum Gasteiger partial charge on any atom is 0.339 e. The standard InChI is InChI=1S/C25H24ClN3O3/c1-4-32-25(31)21-15-23(18-5-9-19(26)10-6-18)29(16(21)2)20-11-7-17(8-12-20)22-13-14-24(30)28(3)27-22/h5-12,15H,4,13-14H2,1-3H3. The second kappa shape index (κ2) is 9.01. The quantitative estimate of drug-likeness (QED) is 0.500. The number of carbonyl (C=O) groups excluding carboxylic acids is 2. The zero-order valence-corrected chi connectivity index (χ0v) is 19.0. The molecule has 164 valence electrons. The largest absolute Gasteiger partial charge is 0.462 e. The van der Waals surface area contributed by atoms with Crippen LogP contribution in [0.15, 0.2) is 59.7 Å². The van der Waals surface area contributed by atoms with Gasteiger partial charge in [0, 0.05) is 36.3 Å². The number of aromatic nitrogens is 1. The van der Waals surface area contributed by atoms with Crippen LogP contribution >= 0.6 is 11.6 Å². The van der Waals surface area contributed by atoms with Crippen LogP contribution in [0.2, 0.25) is 5.02 Å². The van der Waals surface area contributed by atoms with Crippen LogP contribution < -0.4 is 0 Å². The summed E-state index contributed by atoms with van der Waals surface area (Å²) in [6, 6.07) is 17.4. The van der Waals surface area contributed by atoms with Crippen molar-refractivity contribution in [2.75, 3.05) is 13.7 Å². The minimum atomic E-state index is -0.347. The number of rotatable bonds is 5. The molecule has 6 nitrogen and oxygen atoms in total. The Labute approximate surface area is 192 Å². The van der Waals surface area contributed by atoms with Gasteiger partial charge in [-0.2, -0.15) is 5.10 Å². The second-order valence-corrected chi connectivity index (χ2v) is 8.04. The molecule has 0 saturated carbocycles. The molecule has 1 aliphatic rings. The first-order valence-electron chi connectivity index (χ1n) is 10.5. The second-order valence-electron chi connectivity index (χ2n) is 7.60. The first kappa shape index (κ1) is 21.8. The van der Waals surface area contributed by atoms with E-state index in [0.717, 1.165) is 33.9 Å². The van der Waals surface area contributed by atoms with Crippen LogP contribution in [0, 0.1) is 6.92 Å². The summed E-state index contributed by atoms with van der Waals surface area (Å²) in [5.74, 6) is -0.327. The molecule has 0 atom stereocenters. The summed E-state index contributed by atoms with van der Waals surface area (Å²) in [7, 11) is 1.67. The van der Waals surface area contributed by atoms with Crippen LogP contribution in [-0.2, 0) is 9.53 Å². The molecule has 2 heterocycles. The molecule has 0 unspecified atom stereocenters. The van der Waals surface area contributed by atoms with Crippen LogP contribution in [0.1, 0.15) is 41.4 Å². The predicted octanol–water partition coefficient (Wildman–Crippen LogP) is 5.24. The van der Waals surface area contributed by atoms with E-state index in [1.807, 2.05) is 66.1 Å². The predicted molar refractivity (Wildman–Crippen MR) is 125 cm³/mol. The van der Waals surface area contributed by atoms with Gasteiger partial charge in [0.05, 0.1) is 23.6 Å². The number of hydrogen-bond acceptors (Lipinski definition) is 4. The molecule has 0 saturated heterocycles. The Morgan fingerprint density at radius 2 is 1.72 bits per heavy atom. The maximum absolute atomic E-state index is 12.6. The third kappa shape index (κ3) is 4.18. The van der Waals surface area contributed by atoms with Crippen LogP contribution in [0.25, 0.3) is 16.9 Å². The average molecular weight is 450 g/mol. The van der Waals surface area contributed by atoms with Gasteiger partial charge >= 0.3 is 5.97 Å². The van der Waals surface area contributed by atoms with Crippen molar-refractivity contribution in [3.8, 4) is 16.9 Å². The van der Waals surface area contributed by atoms with Gasteiger partial charge in [-0.05, 0) is 55.3 Å². The van der Waals surface area contributed by atoms with Gasteiger partial charge in [-0.15, -0.1) is 0 Å². The Morgan fingerprint density at radius 3 is 2.34 bits per heavy atom. The summed E-state index contributed by atoms with van der Waals surface area (Å²) in [6.07, 6.45) is 1.07. The van der Waals surface area contributed by atoms with E-state index in [1.165, 1.54) is 5.01 Å². The Bertz CT molecular complexity index is 1190. The lowest BCUT2D eigenvalue weighted by Crippen LogP contribution is -2.28. The molecule has 4 rings (SSSR count). The van der Waals surface area contributed by atoms with E-state index in [1.54, 1.807) is 14.0 Å².